The number of aromatic nitrogens is 1. The van der Waals surface area contributed by atoms with Crippen molar-refractivity contribution in [2.24, 2.45) is 0 Å². The van der Waals surface area contributed by atoms with Gasteiger partial charge in [-0.2, -0.15) is 0 Å². The smallest absolute Gasteiger partial charge is 0.213 e. The Hall–Kier alpha value is -1.05. The number of hydrogen-bond acceptors (Lipinski definition) is 2. The highest BCUT2D eigenvalue weighted by Gasteiger charge is 2.04. The number of nitrogens with zero attached hydrogens (tertiary/aromatic N) is 1. The van der Waals surface area contributed by atoms with Crippen molar-refractivity contribution >= 4 is 0 Å². The molecule has 0 aromatic carbocycles. The second kappa shape index (κ2) is 6.41. The van der Waals surface area contributed by atoms with Gasteiger partial charge < -0.3 is 4.74 Å². The first-order chi connectivity index (χ1) is 6.65. The third-order valence-electron chi connectivity index (χ3n) is 1.95. The predicted octanol–water partition coefficient (Wildman–Crippen LogP) is 3.55. The van der Waals surface area contributed by atoms with Crippen LogP contribution >= 0.6 is 0 Å². The molecule has 0 spiro atoms. The molecule has 0 unspecified atom stereocenters. The van der Waals surface area contributed by atoms with Crippen LogP contribution in [-0.2, 0) is 0 Å². The summed E-state index contributed by atoms with van der Waals surface area (Å²) in [5, 5.41) is 0. The van der Waals surface area contributed by atoms with E-state index in [1.807, 2.05) is 26.1 Å². The van der Waals surface area contributed by atoms with Crippen LogP contribution in [-0.4, -0.2) is 12.1 Å². The fraction of sp³-hybridized carbons (Fsp3) is 0.583. The van der Waals surface area contributed by atoms with E-state index in [0.29, 0.717) is 11.8 Å². The van der Waals surface area contributed by atoms with Crippen molar-refractivity contribution in [1.82, 2.24) is 4.98 Å². The highest BCUT2D eigenvalue weighted by molar-refractivity contribution is 5.30. The quantitative estimate of drug-likeness (QED) is 0.720. The van der Waals surface area contributed by atoms with Gasteiger partial charge in [0.1, 0.15) is 0 Å². The number of hydrogen-bond donors (Lipinski definition) is 0. The van der Waals surface area contributed by atoms with Crippen LogP contribution in [0.5, 0.6) is 5.88 Å². The van der Waals surface area contributed by atoms with Gasteiger partial charge >= 0.3 is 0 Å². The average molecular weight is 195 g/mol. The van der Waals surface area contributed by atoms with Crippen molar-refractivity contribution in [3.8, 4) is 5.88 Å². The van der Waals surface area contributed by atoms with Gasteiger partial charge in [-0.1, -0.05) is 27.7 Å². The van der Waals surface area contributed by atoms with Gasteiger partial charge in [-0.05, 0) is 24.0 Å². The van der Waals surface area contributed by atoms with Gasteiger partial charge in [0.2, 0.25) is 5.88 Å². The molecule has 1 aromatic heterocycles. The zero-order chi connectivity index (χ0) is 11.1. The number of pyridine rings is 1. The summed E-state index contributed by atoms with van der Waals surface area (Å²) in [7, 11) is 1.64. The molecule has 14 heavy (non-hydrogen) atoms. The van der Waals surface area contributed by atoms with E-state index in [9.17, 15) is 0 Å². The van der Waals surface area contributed by atoms with Crippen LogP contribution in [0.1, 0.15) is 44.7 Å². The molecule has 0 saturated carbocycles. The van der Waals surface area contributed by atoms with E-state index < -0.39 is 0 Å². The first-order valence-corrected chi connectivity index (χ1v) is 5.15. The zero-order valence-corrected chi connectivity index (χ0v) is 10.1. The average Bonchev–Trinajstić information content (AvgIpc) is 2.21. The summed E-state index contributed by atoms with van der Waals surface area (Å²) in [5.41, 5.74) is 2.53. The summed E-state index contributed by atoms with van der Waals surface area (Å²) >= 11 is 0. The Morgan fingerprint density at radius 3 is 2.29 bits per heavy atom. The lowest BCUT2D eigenvalue weighted by Gasteiger charge is -2.09. The summed E-state index contributed by atoms with van der Waals surface area (Å²) < 4.78 is 5.05. The fourth-order valence-corrected chi connectivity index (χ4v) is 1.25. The van der Waals surface area contributed by atoms with Crippen molar-refractivity contribution in [3.05, 3.63) is 23.4 Å². The molecule has 80 valence electrons. The van der Waals surface area contributed by atoms with Crippen LogP contribution in [0, 0.1) is 6.92 Å². The van der Waals surface area contributed by atoms with Gasteiger partial charge in [-0.3, -0.25) is 0 Å². The first kappa shape index (κ1) is 12.9. The van der Waals surface area contributed by atoms with Crippen molar-refractivity contribution in [2.75, 3.05) is 7.11 Å². The van der Waals surface area contributed by atoms with Crippen molar-refractivity contribution in [2.45, 2.75) is 40.5 Å². The molecule has 1 heterocycles. The maximum absolute atomic E-state index is 5.05. The van der Waals surface area contributed by atoms with Crippen LogP contribution < -0.4 is 4.74 Å². The van der Waals surface area contributed by atoms with E-state index in [1.54, 1.807) is 7.11 Å². The molecule has 2 nitrogen and oxygen atoms in total. The summed E-state index contributed by atoms with van der Waals surface area (Å²) in [6.07, 6.45) is 1.86. The van der Waals surface area contributed by atoms with Crippen molar-refractivity contribution in [3.63, 3.8) is 0 Å². The molecule has 0 aliphatic rings. The second-order valence-corrected chi connectivity index (χ2v) is 3.24. The molecule has 0 N–H and O–H groups in total. The Balaban J connectivity index is 0.000000791. The van der Waals surface area contributed by atoms with Crippen LogP contribution in [0.25, 0.3) is 0 Å². The summed E-state index contributed by atoms with van der Waals surface area (Å²) in [5.74, 6) is 1.23. The molecule has 1 rings (SSSR count). The van der Waals surface area contributed by atoms with E-state index in [2.05, 4.69) is 25.8 Å². The molecule has 0 saturated heterocycles. The maximum Gasteiger partial charge on any atom is 0.213 e. The van der Waals surface area contributed by atoms with E-state index >= 15 is 0 Å². The van der Waals surface area contributed by atoms with Gasteiger partial charge in [0.15, 0.2) is 0 Å². The van der Waals surface area contributed by atoms with Crippen LogP contribution in [0.4, 0.5) is 0 Å². The topological polar surface area (TPSA) is 22.1 Å². The highest BCUT2D eigenvalue weighted by Crippen LogP contribution is 2.21. The fourth-order valence-electron chi connectivity index (χ4n) is 1.25. The largest absolute Gasteiger partial charge is 0.481 e. The highest BCUT2D eigenvalue weighted by atomic mass is 16.5. The summed E-state index contributed by atoms with van der Waals surface area (Å²) in [6, 6.07) is 2.00. The Morgan fingerprint density at radius 2 is 1.86 bits per heavy atom. The third kappa shape index (κ3) is 3.36. The molecule has 1 aromatic rings. The number of methoxy groups -OCH3 is 1. The van der Waals surface area contributed by atoms with Gasteiger partial charge in [0, 0.05) is 12.3 Å². The van der Waals surface area contributed by atoms with Gasteiger partial charge in [-0.15, -0.1) is 0 Å². The third-order valence-corrected chi connectivity index (χ3v) is 1.95. The van der Waals surface area contributed by atoms with Crippen LogP contribution in [0.2, 0.25) is 0 Å². The second-order valence-electron chi connectivity index (χ2n) is 3.24. The minimum Gasteiger partial charge on any atom is -0.481 e. The Morgan fingerprint density at radius 1 is 1.29 bits per heavy atom. The molecular formula is C12H21NO. The maximum atomic E-state index is 5.05. The molecule has 0 bridgehead atoms. The summed E-state index contributed by atoms with van der Waals surface area (Å²) in [6.45, 7) is 10.4. The number of rotatable bonds is 2. The van der Waals surface area contributed by atoms with E-state index in [4.69, 9.17) is 4.74 Å². The molecule has 0 radical (unpaired) electrons. The van der Waals surface area contributed by atoms with Crippen molar-refractivity contribution < 1.29 is 4.74 Å². The van der Waals surface area contributed by atoms with Gasteiger partial charge in [0.25, 0.3) is 0 Å². The lowest BCUT2D eigenvalue weighted by atomic mass is 10.0. The molecular weight excluding hydrogens is 174 g/mol. The van der Waals surface area contributed by atoms with Crippen molar-refractivity contribution in [1.29, 1.82) is 0 Å². The first-order valence-electron chi connectivity index (χ1n) is 5.15. The molecule has 0 aliphatic carbocycles. The predicted molar refractivity (Wildman–Crippen MR) is 61.0 cm³/mol. The minimum absolute atomic E-state index is 0.530. The van der Waals surface area contributed by atoms with Gasteiger partial charge in [0.05, 0.1) is 7.11 Å². The molecule has 0 atom stereocenters. The van der Waals surface area contributed by atoms with E-state index in [-0.39, 0.29) is 0 Å². The normalized spacial score (nSPS) is 9.36. The molecule has 2 heteroatoms. The van der Waals surface area contributed by atoms with E-state index in [0.717, 1.165) is 0 Å². The zero-order valence-electron chi connectivity index (χ0n) is 10.1. The Kier molecular flexibility index (Phi) is 5.93. The SMILES string of the molecule is CC.COc1cc(C(C)C)c(C)cn1. The van der Waals surface area contributed by atoms with Crippen LogP contribution in [0.3, 0.4) is 0 Å². The standard InChI is InChI=1S/C10H15NO.C2H6/c1-7(2)9-5-10(12-4)11-6-8(9)3;1-2/h5-7H,1-4H3;1-2H3. The Labute approximate surface area is 87.3 Å². The van der Waals surface area contributed by atoms with Crippen LogP contribution in [0.15, 0.2) is 12.3 Å². The Bertz CT molecular complexity index is 269. The number of aryl methyl sites for hydroxylation is 1. The lowest BCUT2D eigenvalue weighted by molar-refractivity contribution is 0.396. The molecule has 0 fully saturated rings. The lowest BCUT2D eigenvalue weighted by Crippen LogP contribution is -1.95. The number of ether oxygens (including phenoxy) is 1. The molecule has 0 amide bonds. The minimum atomic E-state index is 0.530. The monoisotopic (exact) mass is 195 g/mol. The molecule has 0 aliphatic heterocycles. The summed E-state index contributed by atoms with van der Waals surface area (Å²) in [4.78, 5) is 4.12. The van der Waals surface area contributed by atoms with E-state index in [1.165, 1.54) is 11.1 Å². The van der Waals surface area contributed by atoms with Gasteiger partial charge in [-0.25, -0.2) is 4.98 Å².